The quantitative estimate of drug-likeness (QED) is 0.212. The van der Waals surface area contributed by atoms with E-state index in [1.165, 1.54) is 22.2 Å². The fourth-order valence-corrected chi connectivity index (χ4v) is 2.84. The summed E-state index contributed by atoms with van der Waals surface area (Å²) in [5, 5.41) is 10.5. The number of benzene rings is 1. The van der Waals surface area contributed by atoms with Gasteiger partial charge in [-0.05, 0) is 45.7 Å². The summed E-state index contributed by atoms with van der Waals surface area (Å²) in [6.07, 6.45) is 0.481. The van der Waals surface area contributed by atoms with Gasteiger partial charge in [0.05, 0.1) is 0 Å². The lowest BCUT2D eigenvalue weighted by molar-refractivity contribution is 0.0529. The van der Waals surface area contributed by atoms with Crippen LogP contribution < -0.4 is 16.0 Å². The van der Waals surface area contributed by atoms with Gasteiger partial charge in [0.25, 0.3) is 0 Å². The van der Waals surface area contributed by atoms with E-state index < -0.39 is 11.7 Å². The molecule has 0 aliphatic heterocycles. The second kappa shape index (κ2) is 11.1. The Morgan fingerprint density at radius 2 is 1.75 bits per heavy atom. The third kappa shape index (κ3) is 7.57. The molecule has 2 rings (SSSR count). The van der Waals surface area contributed by atoms with E-state index >= 15 is 0 Å². The number of aryl methyl sites for hydroxylation is 1. The molecule has 0 saturated carbocycles. The fourth-order valence-electron chi connectivity index (χ4n) is 2.84. The zero-order chi connectivity index (χ0) is 19.9. The lowest BCUT2D eigenvalue weighted by Crippen LogP contribution is -2.43. The van der Waals surface area contributed by atoms with Crippen LogP contribution in [-0.2, 0) is 11.2 Å². The fraction of sp³-hybridized carbons (Fsp3) is 0.500. The highest BCUT2D eigenvalue weighted by molar-refractivity contribution is 14.0. The predicted octanol–water partition coefficient (Wildman–Crippen LogP) is 3.33. The van der Waals surface area contributed by atoms with Crippen molar-refractivity contribution in [2.45, 2.75) is 39.7 Å². The van der Waals surface area contributed by atoms with E-state index in [1.54, 1.807) is 7.05 Å². The van der Waals surface area contributed by atoms with Gasteiger partial charge in [0, 0.05) is 43.3 Å². The normalized spacial score (nSPS) is 11.7. The van der Waals surface area contributed by atoms with Gasteiger partial charge >= 0.3 is 6.09 Å². The van der Waals surface area contributed by atoms with Crippen molar-refractivity contribution in [1.29, 1.82) is 0 Å². The molecule has 2 aromatic rings. The van der Waals surface area contributed by atoms with E-state index in [0.717, 1.165) is 13.0 Å². The number of nitrogens with zero attached hydrogens (tertiary/aromatic N) is 1. The van der Waals surface area contributed by atoms with Crippen LogP contribution in [0.3, 0.4) is 0 Å². The number of halogens is 1. The van der Waals surface area contributed by atoms with Crippen molar-refractivity contribution in [3.05, 3.63) is 35.5 Å². The van der Waals surface area contributed by atoms with Crippen LogP contribution in [0.25, 0.3) is 10.9 Å². The smallest absolute Gasteiger partial charge is 0.407 e. The molecule has 0 unspecified atom stereocenters. The zero-order valence-electron chi connectivity index (χ0n) is 17.3. The summed E-state index contributed by atoms with van der Waals surface area (Å²) in [6, 6.07) is 8.34. The molecule has 1 aromatic heterocycles. The molecule has 1 heterocycles. The van der Waals surface area contributed by atoms with Crippen LogP contribution >= 0.6 is 24.0 Å². The van der Waals surface area contributed by atoms with Crippen LogP contribution in [0.4, 0.5) is 4.79 Å². The Balaban J connectivity index is 0.00000392. The lowest BCUT2D eigenvalue weighted by atomic mass is 10.1. The minimum atomic E-state index is -0.490. The maximum Gasteiger partial charge on any atom is 0.407 e. The van der Waals surface area contributed by atoms with Crippen LogP contribution in [0.15, 0.2) is 29.3 Å². The van der Waals surface area contributed by atoms with Crippen LogP contribution in [0.5, 0.6) is 0 Å². The number of amides is 1. The highest BCUT2D eigenvalue weighted by atomic mass is 127. The Morgan fingerprint density at radius 1 is 1.11 bits per heavy atom. The van der Waals surface area contributed by atoms with Gasteiger partial charge in [-0.15, -0.1) is 24.0 Å². The molecule has 156 valence electrons. The number of H-pyrrole nitrogens is 1. The minimum absolute atomic E-state index is 0. The number of hydrogen-bond acceptors (Lipinski definition) is 3. The molecule has 0 aliphatic rings. The second-order valence-corrected chi connectivity index (χ2v) is 7.38. The first kappa shape index (κ1) is 24.1. The summed E-state index contributed by atoms with van der Waals surface area (Å²) in [5.74, 6) is 0.707. The molecule has 0 spiro atoms. The third-order valence-corrected chi connectivity index (χ3v) is 4.00. The van der Waals surface area contributed by atoms with Gasteiger partial charge in [0.15, 0.2) is 5.96 Å². The van der Waals surface area contributed by atoms with Crippen molar-refractivity contribution >= 4 is 46.9 Å². The third-order valence-electron chi connectivity index (χ3n) is 4.00. The van der Waals surface area contributed by atoms with Gasteiger partial charge in [-0.2, -0.15) is 0 Å². The first-order valence-electron chi connectivity index (χ1n) is 9.27. The number of aromatic amines is 1. The Morgan fingerprint density at radius 3 is 2.43 bits per heavy atom. The number of aromatic nitrogens is 1. The topological polar surface area (TPSA) is 90.5 Å². The summed E-state index contributed by atoms with van der Waals surface area (Å²) in [7, 11) is 1.73. The average Bonchev–Trinajstić information content (AvgIpc) is 2.91. The van der Waals surface area contributed by atoms with Crippen molar-refractivity contribution in [1.82, 2.24) is 20.9 Å². The van der Waals surface area contributed by atoms with Gasteiger partial charge < -0.3 is 25.7 Å². The summed E-state index contributed by atoms with van der Waals surface area (Å²) in [6.45, 7) is 9.40. The van der Waals surface area contributed by atoms with Crippen molar-refractivity contribution in [2.75, 3.05) is 26.7 Å². The molecule has 0 aliphatic carbocycles. The van der Waals surface area contributed by atoms with E-state index in [2.05, 4.69) is 51.0 Å². The number of hydrogen-bond donors (Lipinski definition) is 4. The van der Waals surface area contributed by atoms with E-state index in [0.29, 0.717) is 19.0 Å². The maximum atomic E-state index is 11.6. The number of ether oxygens (including phenoxy) is 1. The molecular weight excluding hydrogens is 469 g/mol. The second-order valence-electron chi connectivity index (χ2n) is 7.38. The largest absolute Gasteiger partial charge is 0.444 e. The lowest BCUT2D eigenvalue weighted by Gasteiger charge is -2.19. The molecule has 0 bridgehead atoms. The van der Waals surface area contributed by atoms with Gasteiger partial charge in [0.2, 0.25) is 0 Å². The Hall–Kier alpha value is -1.97. The monoisotopic (exact) mass is 501 g/mol. The minimum Gasteiger partial charge on any atom is -0.444 e. The van der Waals surface area contributed by atoms with Crippen molar-refractivity contribution < 1.29 is 9.53 Å². The van der Waals surface area contributed by atoms with Crippen LogP contribution in [0.2, 0.25) is 0 Å². The van der Waals surface area contributed by atoms with Gasteiger partial charge in [-0.1, -0.05) is 18.2 Å². The van der Waals surface area contributed by atoms with Gasteiger partial charge in [0.1, 0.15) is 5.60 Å². The molecule has 8 heteroatoms. The number of alkyl carbamates (subject to hydrolysis) is 1. The summed E-state index contributed by atoms with van der Waals surface area (Å²) < 4.78 is 5.20. The highest BCUT2D eigenvalue weighted by Gasteiger charge is 2.15. The first-order valence-corrected chi connectivity index (χ1v) is 9.27. The number of carbonyl (C=O) groups excluding carboxylic acids is 1. The Kier molecular flexibility index (Phi) is 9.57. The summed E-state index contributed by atoms with van der Waals surface area (Å²) >= 11 is 0. The molecule has 0 radical (unpaired) electrons. The summed E-state index contributed by atoms with van der Waals surface area (Å²) in [4.78, 5) is 19.2. The zero-order valence-corrected chi connectivity index (χ0v) is 19.6. The number of aliphatic imine (C=N–C) groups is 1. The van der Waals surface area contributed by atoms with Crippen molar-refractivity contribution in [2.24, 2.45) is 4.99 Å². The van der Waals surface area contributed by atoms with E-state index in [1.807, 2.05) is 26.8 Å². The predicted molar refractivity (Wildman–Crippen MR) is 126 cm³/mol. The number of carbonyl (C=O) groups is 1. The molecule has 1 aromatic carbocycles. The molecule has 1 amide bonds. The molecular formula is C20H32IN5O2. The van der Waals surface area contributed by atoms with Crippen LogP contribution in [0, 0.1) is 6.92 Å². The number of rotatable bonds is 6. The van der Waals surface area contributed by atoms with Gasteiger partial charge in [-0.25, -0.2) is 4.79 Å². The SMILES string of the molecule is CN=C(NCCNC(=O)OC(C)(C)C)NCCc1c(C)[nH]c2ccccc12.I. The molecule has 7 nitrogen and oxygen atoms in total. The summed E-state index contributed by atoms with van der Waals surface area (Å²) in [5.41, 5.74) is 3.19. The van der Waals surface area contributed by atoms with Crippen LogP contribution in [-0.4, -0.2) is 49.3 Å². The maximum absolute atomic E-state index is 11.6. The van der Waals surface area contributed by atoms with Crippen LogP contribution in [0.1, 0.15) is 32.0 Å². The van der Waals surface area contributed by atoms with E-state index in [-0.39, 0.29) is 24.0 Å². The first-order chi connectivity index (χ1) is 12.8. The number of guanidine groups is 1. The van der Waals surface area contributed by atoms with E-state index in [4.69, 9.17) is 4.74 Å². The average molecular weight is 501 g/mol. The van der Waals surface area contributed by atoms with Crippen molar-refractivity contribution in [3.63, 3.8) is 0 Å². The molecule has 4 N–H and O–H groups in total. The number of nitrogens with one attached hydrogen (secondary N) is 4. The number of para-hydroxylation sites is 1. The van der Waals surface area contributed by atoms with E-state index in [9.17, 15) is 4.79 Å². The van der Waals surface area contributed by atoms with Crippen molar-refractivity contribution in [3.8, 4) is 0 Å². The molecule has 0 saturated heterocycles. The Labute approximate surface area is 184 Å². The molecule has 0 atom stereocenters. The molecule has 28 heavy (non-hydrogen) atoms. The highest BCUT2D eigenvalue weighted by Crippen LogP contribution is 2.21. The van der Waals surface area contributed by atoms with Gasteiger partial charge in [-0.3, -0.25) is 4.99 Å². The number of fused-ring (bicyclic) bond motifs is 1. The Bertz CT molecular complexity index is 795. The molecule has 0 fully saturated rings. The standard InChI is InChI=1S/C20H31N5O2.HI/c1-14-15(16-8-6-7-9-17(16)25-14)10-11-22-18(21-5)23-12-13-24-19(26)27-20(2,3)4;/h6-9,25H,10-13H2,1-5H3,(H,24,26)(H2,21,22,23);1H.